The zero-order valence-electron chi connectivity index (χ0n) is 11.6. The summed E-state index contributed by atoms with van der Waals surface area (Å²) in [4.78, 5) is 15.6. The number of nitrogens with zero attached hydrogens (tertiary/aromatic N) is 3. The van der Waals surface area contributed by atoms with Crippen molar-refractivity contribution in [3.05, 3.63) is 54.0 Å². The molecule has 0 bridgehead atoms. The molecule has 1 aromatic carbocycles. The molecule has 3 aromatic rings. The van der Waals surface area contributed by atoms with E-state index >= 15 is 0 Å². The van der Waals surface area contributed by atoms with E-state index < -0.39 is 0 Å². The zero-order valence-corrected chi connectivity index (χ0v) is 11.6. The summed E-state index contributed by atoms with van der Waals surface area (Å²) in [5.74, 6) is 0.694. The molecule has 0 aliphatic rings. The van der Waals surface area contributed by atoms with Gasteiger partial charge in [0.1, 0.15) is 23.5 Å². The van der Waals surface area contributed by atoms with E-state index in [1.54, 1.807) is 18.3 Å². The van der Waals surface area contributed by atoms with Gasteiger partial charge in [-0.3, -0.25) is 0 Å². The van der Waals surface area contributed by atoms with Gasteiger partial charge in [-0.2, -0.15) is 0 Å². The average Bonchev–Trinajstić information content (AvgIpc) is 2.93. The molecule has 1 unspecified atom stereocenters. The number of fused-ring (bicyclic) bond motifs is 1. The van der Waals surface area contributed by atoms with Crippen molar-refractivity contribution in [3.8, 4) is 0 Å². The van der Waals surface area contributed by atoms with Crippen molar-refractivity contribution in [3.63, 3.8) is 0 Å². The number of aromatic nitrogens is 4. The number of aromatic amines is 1. The van der Waals surface area contributed by atoms with Crippen molar-refractivity contribution in [2.75, 3.05) is 6.61 Å². The average molecular weight is 286 g/mol. The van der Waals surface area contributed by atoms with Crippen LogP contribution in [-0.2, 0) is 11.3 Å². The third kappa shape index (κ3) is 3.22. The van der Waals surface area contributed by atoms with Crippen LogP contribution in [0.4, 0.5) is 4.39 Å². The molecular weight excluding hydrogens is 271 g/mol. The first kappa shape index (κ1) is 13.6. The maximum absolute atomic E-state index is 12.8. The number of H-pyrrole nitrogens is 1. The highest BCUT2D eigenvalue weighted by Crippen LogP contribution is 2.16. The van der Waals surface area contributed by atoms with Crippen molar-refractivity contribution < 1.29 is 9.13 Å². The van der Waals surface area contributed by atoms with Crippen molar-refractivity contribution in [2.24, 2.45) is 0 Å². The molecule has 0 spiro atoms. The molecule has 5 nitrogen and oxygen atoms in total. The number of rotatable bonds is 5. The summed E-state index contributed by atoms with van der Waals surface area (Å²) in [5.41, 5.74) is 2.42. The van der Waals surface area contributed by atoms with E-state index in [-0.39, 0.29) is 11.7 Å². The minimum absolute atomic E-state index is 0.111. The third-order valence-corrected chi connectivity index (χ3v) is 3.20. The van der Waals surface area contributed by atoms with Crippen LogP contribution in [-0.4, -0.2) is 26.5 Å². The molecule has 0 amide bonds. The predicted octanol–water partition coefficient (Wildman–Crippen LogP) is 2.81. The van der Waals surface area contributed by atoms with Crippen LogP contribution in [0.5, 0.6) is 0 Å². The summed E-state index contributed by atoms with van der Waals surface area (Å²) in [5, 5.41) is 0. The van der Waals surface area contributed by atoms with E-state index in [0.717, 1.165) is 16.9 Å². The monoisotopic (exact) mass is 286 g/mol. The molecule has 0 saturated carbocycles. The van der Waals surface area contributed by atoms with Gasteiger partial charge in [-0.15, -0.1) is 0 Å². The molecule has 21 heavy (non-hydrogen) atoms. The second-order valence-electron chi connectivity index (χ2n) is 4.92. The van der Waals surface area contributed by atoms with Gasteiger partial charge in [0.25, 0.3) is 0 Å². The molecule has 0 fully saturated rings. The van der Waals surface area contributed by atoms with Crippen molar-refractivity contribution in [2.45, 2.75) is 19.4 Å². The number of benzene rings is 1. The van der Waals surface area contributed by atoms with Crippen molar-refractivity contribution in [1.29, 1.82) is 0 Å². The van der Waals surface area contributed by atoms with Gasteiger partial charge < -0.3 is 9.72 Å². The zero-order chi connectivity index (χ0) is 14.7. The Morgan fingerprint density at radius 3 is 2.86 bits per heavy atom. The van der Waals surface area contributed by atoms with Crippen LogP contribution in [0.2, 0.25) is 0 Å². The van der Waals surface area contributed by atoms with Crippen LogP contribution >= 0.6 is 0 Å². The predicted molar refractivity (Wildman–Crippen MR) is 76.2 cm³/mol. The SMILES string of the molecule is CC(COCc1ccc(F)cc1)c1nc2ncncc2[nH]1. The number of halogens is 1. The fraction of sp³-hybridized carbons (Fsp3) is 0.267. The highest BCUT2D eigenvalue weighted by atomic mass is 19.1. The van der Waals surface area contributed by atoms with E-state index in [1.807, 2.05) is 6.92 Å². The van der Waals surface area contributed by atoms with Gasteiger partial charge in [0.2, 0.25) is 0 Å². The van der Waals surface area contributed by atoms with E-state index in [9.17, 15) is 4.39 Å². The Morgan fingerprint density at radius 1 is 1.29 bits per heavy atom. The quantitative estimate of drug-likeness (QED) is 0.783. The Hall–Kier alpha value is -2.34. The minimum atomic E-state index is -0.240. The first-order chi connectivity index (χ1) is 10.2. The Labute approximate surface area is 121 Å². The number of hydrogen-bond acceptors (Lipinski definition) is 4. The fourth-order valence-electron chi connectivity index (χ4n) is 2.03. The second kappa shape index (κ2) is 5.97. The van der Waals surface area contributed by atoms with Gasteiger partial charge in [-0.25, -0.2) is 19.3 Å². The first-order valence-corrected chi connectivity index (χ1v) is 6.70. The smallest absolute Gasteiger partial charge is 0.180 e. The molecule has 0 radical (unpaired) electrons. The van der Waals surface area contributed by atoms with Crippen LogP contribution in [0, 0.1) is 5.82 Å². The van der Waals surface area contributed by atoms with Gasteiger partial charge in [0.15, 0.2) is 5.65 Å². The highest BCUT2D eigenvalue weighted by molar-refractivity contribution is 5.68. The second-order valence-corrected chi connectivity index (χ2v) is 4.92. The van der Waals surface area contributed by atoms with Crippen LogP contribution in [0.3, 0.4) is 0 Å². The molecule has 2 heterocycles. The molecule has 1 atom stereocenters. The third-order valence-electron chi connectivity index (χ3n) is 3.20. The first-order valence-electron chi connectivity index (χ1n) is 6.70. The van der Waals surface area contributed by atoms with E-state index in [2.05, 4.69) is 19.9 Å². The Bertz CT molecular complexity index is 693. The van der Waals surface area contributed by atoms with Crippen LogP contribution in [0.15, 0.2) is 36.8 Å². The molecule has 2 aromatic heterocycles. The highest BCUT2D eigenvalue weighted by Gasteiger charge is 2.11. The Balaban J connectivity index is 1.58. The van der Waals surface area contributed by atoms with Gasteiger partial charge in [0.05, 0.1) is 19.4 Å². The maximum Gasteiger partial charge on any atom is 0.180 e. The number of nitrogens with one attached hydrogen (secondary N) is 1. The fourth-order valence-corrected chi connectivity index (χ4v) is 2.03. The number of hydrogen-bond donors (Lipinski definition) is 1. The molecule has 0 aliphatic heterocycles. The standard InChI is InChI=1S/C15H15FN4O/c1-10(7-21-8-11-2-4-12(16)5-3-11)14-19-13-6-17-9-18-15(13)20-14/h2-6,9-10H,7-8H2,1H3,(H,17,18,19,20). The summed E-state index contributed by atoms with van der Waals surface area (Å²) in [7, 11) is 0. The van der Waals surface area contributed by atoms with Crippen molar-refractivity contribution >= 4 is 11.2 Å². The summed E-state index contributed by atoms with van der Waals surface area (Å²) in [6.45, 7) is 2.99. The minimum Gasteiger partial charge on any atom is -0.376 e. The molecule has 3 rings (SSSR count). The lowest BCUT2D eigenvalue weighted by molar-refractivity contribution is 0.109. The van der Waals surface area contributed by atoms with Gasteiger partial charge in [-0.1, -0.05) is 19.1 Å². The maximum atomic E-state index is 12.8. The summed E-state index contributed by atoms with van der Waals surface area (Å²) in [6.07, 6.45) is 3.17. The van der Waals surface area contributed by atoms with E-state index in [1.165, 1.54) is 18.5 Å². The van der Waals surface area contributed by atoms with Gasteiger partial charge in [-0.05, 0) is 17.7 Å². The van der Waals surface area contributed by atoms with E-state index in [4.69, 9.17) is 4.74 Å². The van der Waals surface area contributed by atoms with Gasteiger partial charge in [0, 0.05) is 5.92 Å². The lowest BCUT2D eigenvalue weighted by atomic mass is 10.2. The number of ether oxygens (including phenoxy) is 1. The summed E-state index contributed by atoms with van der Waals surface area (Å²) in [6, 6.07) is 6.30. The Kier molecular flexibility index (Phi) is 3.87. The molecule has 0 aliphatic carbocycles. The normalized spacial score (nSPS) is 12.7. The lowest BCUT2D eigenvalue weighted by Gasteiger charge is -2.09. The van der Waals surface area contributed by atoms with Gasteiger partial charge >= 0.3 is 0 Å². The molecule has 6 heteroatoms. The molecule has 1 N–H and O–H groups in total. The summed E-state index contributed by atoms with van der Waals surface area (Å²) < 4.78 is 18.4. The van der Waals surface area contributed by atoms with Crippen LogP contribution in [0.25, 0.3) is 11.2 Å². The Morgan fingerprint density at radius 2 is 2.10 bits per heavy atom. The van der Waals surface area contributed by atoms with Crippen LogP contribution in [0.1, 0.15) is 24.2 Å². The lowest BCUT2D eigenvalue weighted by Crippen LogP contribution is -2.06. The summed E-state index contributed by atoms with van der Waals surface area (Å²) >= 11 is 0. The van der Waals surface area contributed by atoms with Crippen molar-refractivity contribution in [1.82, 2.24) is 19.9 Å². The molecular formula is C15H15FN4O. The molecule has 0 saturated heterocycles. The van der Waals surface area contributed by atoms with E-state index in [0.29, 0.717) is 18.9 Å². The largest absolute Gasteiger partial charge is 0.376 e. The topological polar surface area (TPSA) is 63.7 Å². The number of imidazole rings is 1. The van der Waals surface area contributed by atoms with Crippen LogP contribution < -0.4 is 0 Å². The molecule has 108 valence electrons.